The number of hydrogen-bond donors (Lipinski definition) is 3. The first-order valence-electron chi connectivity index (χ1n) is 6.98. The Morgan fingerprint density at radius 2 is 2.05 bits per heavy atom. The molecule has 4 nitrogen and oxygen atoms in total. The van der Waals surface area contributed by atoms with Gasteiger partial charge in [-0.2, -0.15) is 0 Å². The number of phenolic OH excluding ortho intramolecular Hbond substituents is 1. The average Bonchev–Trinajstić information content (AvgIpc) is 2.54. The van der Waals surface area contributed by atoms with Gasteiger partial charge in [0, 0.05) is 16.9 Å². The zero-order valence-corrected chi connectivity index (χ0v) is 12.4. The average molecular weight is 294 g/mol. The molecule has 1 atom stereocenters. The molecule has 1 aliphatic rings. The Bertz CT molecular complexity index is 753. The second-order valence-electron chi connectivity index (χ2n) is 5.11. The Morgan fingerprint density at radius 3 is 2.73 bits per heavy atom. The SMILES string of the molecule is C=Cc1cccc2c1C(=C)NC(c1ccc(OC)c(O)c1)N2. The van der Waals surface area contributed by atoms with Crippen molar-refractivity contribution in [3.63, 3.8) is 0 Å². The minimum atomic E-state index is -0.170. The van der Waals surface area contributed by atoms with E-state index in [1.807, 2.05) is 30.3 Å². The van der Waals surface area contributed by atoms with Crippen molar-refractivity contribution in [2.45, 2.75) is 6.17 Å². The summed E-state index contributed by atoms with van der Waals surface area (Å²) in [5.41, 5.74) is 4.75. The van der Waals surface area contributed by atoms with E-state index in [-0.39, 0.29) is 11.9 Å². The molecule has 4 heteroatoms. The zero-order chi connectivity index (χ0) is 15.7. The van der Waals surface area contributed by atoms with E-state index in [1.54, 1.807) is 12.1 Å². The van der Waals surface area contributed by atoms with Gasteiger partial charge in [0.05, 0.1) is 7.11 Å². The van der Waals surface area contributed by atoms with Crippen LogP contribution in [0.2, 0.25) is 0 Å². The number of benzene rings is 2. The third kappa shape index (κ3) is 2.29. The van der Waals surface area contributed by atoms with Crippen LogP contribution in [0.5, 0.6) is 11.5 Å². The van der Waals surface area contributed by atoms with Gasteiger partial charge in [-0.3, -0.25) is 0 Å². The van der Waals surface area contributed by atoms with Gasteiger partial charge in [-0.05, 0) is 29.3 Å². The van der Waals surface area contributed by atoms with E-state index in [4.69, 9.17) is 4.74 Å². The number of anilines is 1. The van der Waals surface area contributed by atoms with Crippen molar-refractivity contribution in [3.8, 4) is 11.5 Å². The molecule has 1 aliphatic heterocycles. The molecule has 2 aromatic rings. The van der Waals surface area contributed by atoms with E-state index >= 15 is 0 Å². The van der Waals surface area contributed by atoms with Gasteiger partial charge in [-0.15, -0.1) is 0 Å². The number of aromatic hydroxyl groups is 1. The van der Waals surface area contributed by atoms with Gasteiger partial charge in [0.25, 0.3) is 0 Å². The highest BCUT2D eigenvalue weighted by Gasteiger charge is 2.23. The number of nitrogens with one attached hydrogen (secondary N) is 2. The minimum absolute atomic E-state index is 0.111. The van der Waals surface area contributed by atoms with E-state index in [2.05, 4.69) is 23.8 Å². The van der Waals surface area contributed by atoms with E-state index in [0.717, 1.165) is 28.1 Å². The van der Waals surface area contributed by atoms with E-state index in [0.29, 0.717) is 5.75 Å². The van der Waals surface area contributed by atoms with Crippen LogP contribution in [0.1, 0.15) is 22.9 Å². The van der Waals surface area contributed by atoms with Gasteiger partial charge < -0.3 is 20.5 Å². The molecular formula is C18H18N2O2. The molecule has 3 N–H and O–H groups in total. The highest BCUT2D eigenvalue weighted by Crippen LogP contribution is 2.36. The normalized spacial score (nSPS) is 16.2. The van der Waals surface area contributed by atoms with Gasteiger partial charge >= 0.3 is 0 Å². The quantitative estimate of drug-likeness (QED) is 0.807. The first kappa shape index (κ1) is 14.1. The lowest BCUT2D eigenvalue weighted by molar-refractivity contribution is 0.372. The van der Waals surface area contributed by atoms with Gasteiger partial charge in [0.15, 0.2) is 11.5 Å². The predicted octanol–water partition coefficient (Wildman–Crippen LogP) is 3.73. The summed E-state index contributed by atoms with van der Waals surface area (Å²) in [5.74, 6) is 0.563. The Kier molecular flexibility index (Phi) is 3.51. The van der Waals surface area contributed by atoms with Crippen molar-refractivity contribution >= 4 is 17.5 Å². The van der Waals surface area contributed by atoms with Crippen LogP contribution < -0.4 is 15.4 Å². The van der Waals surface area contributed by atoms with Crippen LogP contribution in [-0.4, -0.2) is 12.2 Å². The molecule has 1 unspecified atom stereocenters. The Balaban J connectivity index is 1.97. The predicted molar refractivity (Wildman–Crippen MR) is 89.7 cm³/mol. The summed E-state index contributed by atoms with van der Waals surface area (Å²) >= 11 is 0. The maximum Gasteiger partial charge on any atom is 0.160 e. The summed E-state index contributed by atoms with van der Waals surface area (Å²) in [6.45, 7) is 7.95. The fourth-order valence-electron chi connectivity index (χ4n) is 2.69. The first-order valence-corrected chi connectivity index (χ1v) is 6.98. The zero-order valence-electron chi connectivity index (χ0n) is 12.4. The monoisotopic (exact) mass is 294 g/mol. The third-order valence-corrected chi connectivity index (χ3v) is 3.77. The first-order chi connectivity index (χ1) is 10.6. The molecule has 22 heavy (non-hydrogen) atoms. The summed E-state index contributed by atoms with van der Waals surface area (Å²) in [5, 5.41) is 16.7. The second kappa shape index (κ2) is 5.48. The Labute approximate surface area is 129 Å². The summed E-state index contributed by atoms with van der Waals surface area (Å²) in [4.78, 5) is 0. The number of phenols is 1. The van der Waals surface area contributed by atoms with Crippen molar-refractivity contribution in [2.24, 2.45) is 0 Å². The number of rotatable bonds is 3. The molecule has 0 saturated heterocycles. The van der Waals surface area contributed by atoms with Gasteiger partial charge in [0.2, 0.25) is 0 Å². The van der Waals surface area contributed by atoms with Crippen LogP contribution in [-0.2, 0) is 0 Å². The van der Waals surface area contributed by atoms with Crippen molar-refractivity contribution in [3.05, 3.63) is 66.2 Å². The highest BCUT2D eigenvalue weighted by molar-refractivity contribution is 5.83. The highest BCUT2D eigenvalue weighted by atomic mass is 16.5. The molecule has 1 heterocycles. The Morgan fingerprint density at radius 1 is 1.23 bits per heavy atom. The summed E-state index contributed by atoms with van der Waals surface area (Å²) < 4.78 is 5.08. The van der Waals surface area contributed by atoms with Crippen molar-refractivity contribution in [1.29, 1.82) is 0 Å². The molecule has 112 valence electrons. The molecule has 3 rings (SSSR count). The van der Waals surface area contributed by atoms with Crippen LogP contribution in [0.15, 0.2) is 49.6 Å². The fourth-order valence-corrected chi connectivity index (χ4v) is 2.69. The summed E-state index contributed by atoms with van der Waals surface area (Å²) in [6.07, 6.45) is 1.64. The van der Waals surface area contributed by atoms with Crippen LogP contribution in [0, 0.1) is 0 Å². The van der Waals surface area contributed by atoms with Crippen LogP contribution in [0.25, 0.3) is 11.8 Å². The van der Waals surface area contributed by atoms with Crippen molar-refractivity contribution in [2.75, 3.05) is 12.4 Å². The third-order valence-electron chi connectivity index (χ3n) is 3.77. The number of ether oxygens (including phenoxy) is 1. The van der Waals surface area contributed by atoms with Crippen LogP contribution in [0.3, 0.4) is 0 Å². The lowest BCUT2D eigenvalue weighted by Crippen LogP contribution is -2.31. The molecule has 0 aromatic heterocycles. The number of fused-ring (bicyclic) bond motifs is 1. The lowest BCUT2D eigenvalue weighted by atomic mass is 9.98. The maximum atomic E-state index is 9.95. The standard InChI is InChI=1S/C18H18N2O2/c1-4-12-6-5-7-14-17(12)11(2)19-18(20-14)13-8-9-16(22-3)15(21)10-13/h4-10,18-21H,1-2H2,3H3. The fraction of sp³-hybridized carbons (Fsp3) is 0.111. The van der Waals surface area contributed by atoms with Crippen LogP contribution in [0.4, 0.5) is 5.69 Å². The largest absolute Gasteiger partial charge is 0.504 e. The minimum Gasteiger partial charge on any atom is -0.504 e. The molecule has 0 bridgehead atoms. The van der Waals surface area contributed by atoms with Crippen LogP contribution >= 0.6 is 0 Å². The molecule has 0 fully saturated rings. The molecule has 0 saturated carbocycles. The molecule has 0 radical (unpaired) electrons. The van der Waals surface area contributed by atoms with Gasteiger partial charge in [0.1, 0.15) is 6.17 Å². The smallest absolute Gasteiger partial charge is 0.160 e. The van der Waals surface area contributed by atoms with E-state index in [1.165, 1.54) is 7.11 Å². The maximum absolute atomic E-state index is 9.95. The summed E-state index contributed by atoms with van der Waals surface area (Å²) in [7, 11) is 1.53. The Hall–Kier alpha value is -2.88. The topological polar surface area (TPSA) is 53.5 Å². The molecule has 0 amide bonds. The van der Waals surface area contributed by atoms with Crippen molar-refractivity contribution < 1.29 is 9.84 Å². The van der Waals surface area contributed by atoms with E-state index < -0.39 is 0 Å². The molecule has 0 spiro atoms. The second-order valence-corrected chi connectivity index (χ2v) is 5.11. The molecule has 2 aromatic carbocycles. The number of hydrogen-bond acceptors (Lipinski definition) is 4. The molecular weight excluding hydrogens is 276 g/mol. The van der Waals surface area contributed by atoms with Gasteiger partial charge in [-0.1, -0.05) is 37.4 Å². The molecule has 0 aliphatic carbocycles. The number of methoxy groups -OCH3 is 1. The lowest BCUT2D eigenvalue weighted by Gasteiger charge is -2.32. The summed E-state index contributed by atoms with van der Waals surface area (Å²) in [6, 6.07) is 11.3. The van der Waals surface area contributed by atoms with E-state index in [9.17, 15) is 5.11 Å². The van der Waals surface area contributed by atoms with Gasteiger partial charge in [-0.25, -0.2) is 0 Å². The van der Waals surface area contributed by atoms with Crippen molar-refractivity contribution in [1.82, 2.24) is 5.32 Å².